The van der Waals surface area contributed by atoms with Crippen LogP contribution in [0.5, 0.6) is 0 Å². The molecule has 3 unspecified atom stereocenters. The van der Waals surface area contributed by atoms with Crippen LogP contribution in [-0.2, 0) is 14.4 Å². The predicted octanol–water partition coefficient (Wildman–Crippen LogP) is 2.58. The number of amides is 2. The molecule has 0 aromatic heterocycles. The van der Waals surface area contributed by atoms with Gasteiger partial charge in [-0.25, -0.2) is 11.3 Å². The molecular weight excluding hydrogens is 420 g/mol. The van der Waals surface area contributed by atoms with Crippen LogP contribution in [0.3, 0.4) is 0 Å². The van der Waals surface area contributed by atoms with E-state index >= 15 is 0 Å². The monoisotopic (exact) mass is 458 g/mol. The minimum Gasteiger partial charge on any atom is -0.309 e. The molecule has 6 N–H and O–H groups in total. The average molecular weight is 459 g/mol. The first-order valence-corrected chi connectivity index (χ1v) is 11.7. The third kappa shape index (κ3) is 6.07. The molecule has 1 aliphatic heterocycles. The summed E-state index contributed by atoms with van der Waals surface area (Å²) in [4.78, 5) is 39.4. The van der Waals surface area contributed by atoms with Crippen LogP contribution in [0.15, 0.2) is 36.4 Å². The summed E-state index contributed by atoms with van der Waals surface area (Å²) in [5, 5.41) is 12.6. The number of rotatable bonds is 12. The summed E-state index contributed by atoms with van der Waals surface area (Å²) in [6.07, 6.45) is 5.49. The number of hydrogen-bond donors (Lipinski definition) is 5. The first kappa shape index (κ1) is 26.7. The van der Waals surface area contributed by atoms with E-state index in [0.29, 0.717) is 25.7 Å². The third-order valence-corrected chi connectivity index (χ3v) is 6.53. The number of benzene rings is 1. The zero-order valence-electron chi connectivity index (χ0n) is 20.0. The van der Waals surface area contributed by atoms with Crippen molar-refractivity contribution in [3.63, 3.8) is 0 Å². The maximum atomic E-state index is 13.9. The second-order valence-corrected chi connectivity index (χ2v) is 9.41. The Morgan fingerprint density at radius 3 is 2.42 bits per heavy atom. The van der Waals surface area contributed by atoms with E-state index in [1.165, 1.54) is 0 Å². The van der Waals surface area contributed by atoms with E-state index < -0.39 is 35.1 Å². The number of carbonyl (C=O) groups is 3. The SMILES string of the molecule is CCCC(CC(C)C)(C(=O)NN)C(=O)C1C(C)N[C@H]1[C@H](C/C=C/c1ccccc1)C(=O)NO. The summed E-state index contributed by atoms with van der Waals surface area (Å²) in [5.74, 6) is 3.13. The number of nitrogens with two attached hydrogens (primary N) is 1. The first-order valence-electron chi connectivity index (χ1n) is 11.7. The van der Waals surface area contributed by atoms with Crippen LogP contribution in [0.1, 0.15) is 58.9 Å². The molecule has 1 aromatic rings. The van der Waals surface area contributed by atoms with Crippen LogP contribution >= 0.6 is 0 Å². The third-order valence-electron chi connectivity index (χ3n) is 6.53. The highest BCUT2D eigenvalue weighted by atomic mass is 16.5. The first-order chi connectivity index (χ1) is 15.7. The molecule has 5 atom stereocenters. The lowest BCUT2D eigenvalue weighted by atomic mass is 9.62. The van der Waals surface area contributed by atoms with Gasteiger partial charge in [0.05, 0.1) is 5.92 Å². The summed E-state index contributed by atoms with van der Waals surface area (Å²) < 4.78 is 0. The second-order valence-electron chi connectivity index (χ2n) is 9.41. The van der Waals surface area contributed by atoms with Gasteiger partial charge in [-0.3, -0.25) is 25.0 Å². The Kier molecular flexibility index (Phi) is 9.76. The fraction of sp³-hybridized carbons (Fsp3) is 0.560. The number of ketones is 1. The summed E-state index contributed by atoms with van der Waals surface area (Å²) in [6, 6.07) is 8.95. The van der Waals surface area contributed by atoms with E-state index in [1.807, 2.05) is 70.2 Å². The van der Waals surface area contributed by atoms with Crippen LogP contribution in [-0.4, -0.2) is 34.9 Å². The molecule has 1 fully saturated rings. The molecule has 0 saturated carbocycles. The topological polar surface area (TPSA) is 134 Å². The Labute approximate surface area is 196 Å². The van der Waals surface area contributed by atoms with E-state index in [4.69, 9.17) is 5.84 Å². The summed E-state index contributed by atoms with van der Waals surface area (Å²) in [6.45, 7) is 7.75. The van der Waals surface area contributed by atoms with Gasteiger partial charge >= 0.3 is 0 Å². The van der Waals surface area contributed by atoms with E-state index in [2.05, 4.69) is 10.7 Å². The molecule has 1 aliphatic rings. The van der Waals surface area contributed by atoms with Crippen LogP contribution in [0, 0.1) is 23.2 Å². The number of allylic oxidation sites excluding steroid dienone is 1. The lowest BCUT2D eigenvalue weighted by molar-refractivity contribution is -0.152. The highest BCUT2D eigenvalue weighted by Crippen LogP contribution is 2.41. The van der Waals surface area contributed by atoms with Crippen molar-refractivity contribution in [3.05, 3.63) is 42.0 Å². The molecular formula is C25H38N4O4. The van der Waals surface area contributed by atoms with E-state index in [0.717, 1.165) is 5.56 Å². The van der Waals surface area contributed by atoms with Crippen LogP contribution in [0.4, 0.5) is 0 Å². The minimum absolute atomic E-state index is 0.102. The van der Waals surface area contributed by atoms with Gasteiger partial charge in [-0.1, -0.05) is 69.7 Å². The van der Waals surface area contributed by atoms with Gasteiger partial charge in [0.25, 0.3) is 0 Å². The summed E-state index contributed by atoms with van der Waals surface area (Å²) in [5.41, 5.74) is 3.69. The Morgan fingerprint density at radius 1 is 1.24 bits per heavy atom. The minimum atomic E-state index is -1.25. The molecule has 33 heavy (non-hydrogen) atoms. The van der Waals surface area contributed by atoms with Crippen molar-refractivity contribution in [2.24, 2.45) is 29.0 Å². The van der Waals surface area contributed by atoms with E-state index in [-0.39, 0.29) is 17.7 Å². The largest absolute Gasteiger partial charge is 0.309 e. The fourth-order valence-corrected chi connectivity index (χ4v) is 5.10. The Bertz CT molecular complexity index is 842. The molecule has 8 heteroatoms. The van der Waals surface area contributed by atoms with Crippen molar-refractivity contribution in [2.45, 2.75) is 65.5 Å². The maximum Gasteiger partial charge on any atom is 0.248 e. The highest BCUT2D eigenvalue weighted by molar-refractivity contribution is 6.08. The Hall–Kier alpha value is -2.55. The number of carbonyl (C=O) groups excluding carboxylic acids is 3. The van der Waals surface area contributed by atoms with E-state index in [1.54, 1.807) is 5.48 Å². The average Bonchev–Trinajstić information content (AvgIpc) is 2.79. The molecule has 0 radical (unpaired) electrons. The van der Waals surface area contributed by atoms with Gasteiger partial charge in [0.15, 0.2) is 5.78 Å². The molecule has 1 heterocycles. The molecule has 2 rings (SSSR count). The number of nitrogens with one attached hydrogen (secondary N) is 3. The highest BCUT2D eigenvalue weighted by Gasteiger charge is 2.56. The smallest absolute Gasteiger partial charge is 0.248 e. The van der Waals surface area contributed by atoms with Crippen molar-refractivity contribution in [1.29, 1.82) is 0 Å². The van der Waals surface area contributed by atoms with Gasteiger partial charge in [-0.2, -0.15) is 0 Å². The summed E-state index contributed by atoms with van der Waals surface area (Å²) in [7, 11) is 0. The van der Waals surface area contributed by atoms with Crippen LogP contribution < -0.4 is 22.1 Å². The Balaban J connectivity index is 2.34. The van der Waals surface area contributed by atoms with Crippen molar-refractivity contribution in [1.82, 2.24) is 16.2 Å². The zero-order valence-corrected chi connectivity index (χ0v) is 20.0. The van der Waals surface area contributed by atoms with Crippen molar-refractivity contribution >= 4 is 23.7 Å². The van der Waals surface area contributed by atoms with Gasteiger partial charge in [0.1, 0.15) is 5.41 Å². The molecule has 1 aromatic carbocycles. The molecule has 0 bridgehead atoms. The standard InChI is InChI=1S/C25H38N4O4/c1-5-14-25(15-16(2)3,24(32)28-26)22(30)20-17(4)27-21(20)19(23(31)29-33)13-9-12-18-10-7-6-8-11-18/h6-12,16-17,19-21,27,33H,5,13-15,26H2,1-4H3,(H,28,32)(H,29,31)/b12-9+/t17?,19-,20?,21-,25?/m0/s1. The maximum absolute atomic E-state index is 13.9. The van der Waals surface area contributed by atoms with Crippen molar-refractivity contribution in [3.8, 4) is 0 Å². The van der Waals surface area contributed by atoms with Gasteiger partial charge in [0.2, 0.25) is 11.8 Å². The Morgan fingerprint density at radius 2 is 1.91 bits per heavy atom. The van der Waals surface area contributed by atoms with Crippen LogP contribution in [0.2, 0.25) is 0 Å². The number of hydrazine groups is 1. The quantitative estimate of drug-likeness (QED) is 0.107. The van der Waals surface area contributed by atoms with Gasteiger partial charge in [0, 0.05) is 18.0 Å². The molecule has 182 valence electrons. The zero-order chi connectivity index (χ0) is 24.6. The lowest BCUT2D eigenvalue weighted by Gasteiger charge is -2.50. The van der Waals surface area contributed by atoms with Crippen molar-refractivity contribution < 1.29 is 19.6 Å². The van der Waals surface area contributed by atoms with Gasteiger partial charge < -0.3 is 5.32 Å². The predicted molar refractivity (Wildman–Crippen MR) is 128 cm³/mol. The van der Waals surface area contributed by atoms with Crippen LogP contribution in [0.25, 0.3) is 6.08 Å². The second kappa shape index (κ2) is 12.1. The summed E-state index contributed by atoms with van der Waals surface area (Å²) >= 11 is 0. The van der Waals surface area contributed by atoms with Crippen molar-refractivity contribution in [2.75, 3.05) is 0 Å². The number of Topliss-reactive ketones (excluding diaryl/α,β-unsaturated/α-hetero) is 1. The molecule has 2 amide bonds. The molecule has 1 saturated heterocycles. The molecule has 8 nitrogen and oxygen atoms in total. The molecule has 0 aliphatic carbocycles. The van der Waals surface area contributed by atoms with Gasteiger partial charge in [-0.15, -0.1) is 0 Å². The van der Waals surface area contributed by atoms with Gasteiger partial charge in [-0.05, 0) is 37.7 Å². The number of hydrogen-bond acceptors (Lipinski definition) is 6. The fourth-order valence-electron chi connectivity index (χ4n) is 5.10. The number of hydroxylamine groups is 1. The molecule has 0 spiro atoms. The normalized spacial score (nSPS) is 22.9. The lowest BCUT2D eigenvalue weighted by Crippen LogP contribution is -2.70. The van der Waals surface area contributed by atoms with E-state index in [9.17, 15) is 19.6 Å².